The molecular weight excluding hydrogens is 368 g/mol. The first-order chi connectivity index (χ1) is 14.8. The van der Waals surface area contributed by atoms with Crippen molar-refractivity contribution in [2.75, 3.05) is 13.1 Å². The highest BCUT2D eigenvalue weighted by Gasteiger charge is 2.39. The number of hydrogen-bond donors (Lipinski definition) is 0. The lowest BCUT2D eigenvalue weighted by molar-refractivity contribution is -0.0286. The molecule has 148 valence electrons. The van der Waals surface area contributed by atoms with E-state index in [0.717, 1.165) is 36.2 Å². The van der Waals surface area contributed by atoms with Crippen LogP contribution < -0.4 is 0 Å². The summed E-state index contributed by atoms with van der Waals surface area (Å²) in [5.74, 6) is 0. The first kappa shape index (κ1) is 19.9. The molecule has 0 saturated carbocycles. The van der Waals surface area contributed by atoms with Crippen molar-refractivity contribution in [3.05, 3.63) is 108 Å². The van der Waals surface area contributed by atoms with Crippen molar-refractivity contribution in [3.8, 4) is 12.1 Å². The Bertz CT molecular complexity index is 956. The van der Waals surface area contributed by atoms with E-state index < -0.39 is 0 Å². The van der Waals surface area contributed by atoms with E-state index in [-0.39, 0.29) is 18.2 Å². The van der Waals surface area contributed by atoms with Crippen molar-refractivity contribution in [1.82, 2.24) is 9.80 Å². The molecule has 1 aliphatic rings. The van der Waals surface area contributed by atoms with E-state index in [1.165, 1.54) is 0 Å². The van der Waals surface area contributed by atoms with Gasteiger partial charge in [-0.25, -0.2) is 0 Å². The summed E-state index contributed by atoms with van der Waals surface area (Å²) < 4.78 is 0. The maximum Gasteiger partial charge on any atom is 0.125 e. The lowest BCUT2D eigenvalue weighted by Crippen LogP contribution is -2.49. The Balaban J connectivity index is 1.79. The molecule has 0 aromatic heterocycles. The van der Waals surface area contributed by atoms with Gasteiger partial charge in [0.2, 0.25) is 0 Å². The summed E-state index contributed by atoms with van der Waals surface area (Å²) in [6.07, 6.45) is 0.744. The predicted molar refractivity (Wildman–Crippen MR) is 117 cm³/mol. The fraction of sp³-hybridized carbons (Fsp3) is 0.231. The summed E-state index contributed by atoms with van der Waals surface area (Å²) in [4.78, 5) is 4.48. The van der Waals surface area contributed by atoms with Crippen molar-refractivity contribution in [3.63, 3.8) is 0 Å². The van der Waals surface area contributed by atoms with Crippen LogP contribution in [0, 0.1) is 22.7 Å². The fourth-order valence-corrected chi connectivity index (χ4v) is 4.37. The lowest BCUT2D eigenvalue weighted by Gasteiger charge is -2.47. The van der Waals surface area contributed by atoms with Gasteiger partial charge >= 0.3 is 0 Å². The Hall–Kier alpha value is -3.44. The van der Waals surface area contributed by atoms with Crippen molar-refractivity contribution in [2.45, 2.75) is 24.7 Å². The van der Waals surface area contributed by atoms with E-state index in [9.17, 15) is 10.5 Å². The van der Waals surface area contributed by atoms with E-state index in [0.29, 0.717) is 0 Å². The van der Waals surface area contributed by atoms with Gasteiger partial charge in [-0.3, -0.25) is 9.80 Å². The van der Waals surface area contributed by atoms with Gasteiger partial charge < -0.3 is 0 Å². The van der Waals surface area contributed by atoms with Crippen LogP contribution in [0.3, 0.4) is 0 Å². The van der Waals surface area contributed by atoms with Crippen LogP contribution in [0.2, 0.25) is 0 Å². The molecule has 1 saturated heterocycles. The lowest BCUT2D eigenvalue weighted by atomic mass is 9.97. The fourth-order valence-electron chi connectivity index (χ4n) is 4.37. The van der Waals surface area contributed by atoms with Gasteiger partial charge in [-0.2, -0.15) is 10.5 Å². The van der Waals surface area contributed by atoms with Gasteiger partial charge in [0.1, 0.15) is 12.1 Å². The van der Waals surface area contributed by atoms with Crippen molar-refractivity contribution in [1.29, 1.82) is 10.5 Å². The molecule has 4 nitrogen and oxygen atoms in total. The maximum atomic E-state index is 10.1. The molecule has 4 rings (SSSR count). The number of rotatable bonds is 5. The molecule has 1 fully saturated rings. The van der Waals surface area contributed by atoms with Gasteiger partial charge in [-0.15, -0.1) is 0 Å². The van der Waals surface area contributed by atoms with Crippen molar-refractivity contribution in [2.24, 2.45) is 0 Å². The monoisotopic (exact) mass is 392 g/mol. The molecule has 0 N–H and O–H groups in total. The number of nitrogens with zero attached hydrogens (tertiary/aromatic N) is 4. The molecule has 0 amide bonds. The summed E-state index contributed by atoms with van der Waals surface area (Å²) in [6, 6.07) is 34.4. The van der Waals surface area contributed by atoms with E-state index in [1.807, 2.05) is 78.9 Å². The van der Waals surface area contributed by atoms with Gasteiger partial charge in [0, 0.05) is 13.1 Å². The third-order valence-corrected chi connectivity index (χ3v) is 5.70. The summed E-state index contributed by atoms with van der Waals surface area (Å²) in [6.45, 7) is 1.60. The highest BCUT2D eigenvalue weighted by molar-refractivity contribution is 5.30. The minimum atomic E-state index is -0.380. The molecule has 0 radical (unpaired) electrons. The first-order valence-electron chi connectivity index (χ1n) is 10.3. The Morgan fingerprint density at radius 3 is 1.43 bits per heavy atom. The van der Waals surface area contributed by atoms with Crippen LogP contribution in [0.4, 0.5) is 0 Å². The van der Waals surface area contributed by atoms with Gasteiger partial charge in [-0.05, 0) is 23.1 Å². The Morgan fingerprint density at radius 1 is 0.633 bits per heavy atom. The molecule has 30 heavy (non-hydrogen) atoms. The molecule has 1 aliphatic heterocycles. The van der Waals surface area contributed by atoms with E-state index in [1.54, 1.807) is 0 Å². The molecule has 0 unspecified atom stereocenters. The molecule has 3 aromatic rings. The molecule has 0 spiro atoms. The Labute approximate surface area is 178 Å². The van der Waals surface area contributed by atoms with Gasteiger partial charge in [0.05, 0.1) is 18.3 Å². The topological polar surface area (TPSA) is 54.1 Å². The largest absolute Gasteiger partial charge is 0.264 e. The van der Waals surface area contributed by atoms with Crippen LogP contribution in [0.15, 0.2) is 91.0 Å². The Kier molecular flexibility index (Phi) is 6.20. The van der Waals surface area contributed by atoms with Crippen LogP contribution >= 0.6 is 0 Å². The standard InChI is InChI=1S/C26H24N4/c27-19-24(21-11-4-1-5-12-21)29-17-10-18-30(26(29)23-15-8-3-9-16-23)25(20-28)22-13-6-2-7-14-22/h1-9,11-16,24-26H,10,17-18H2/t24-,25-/m0/s1. The van der Waals surface area contributed by atoms with Gasteiger partial charge in [0.25, 0.3) is 0 Å². The van der Waals surface area contributed by atoms with Crippen LogP contribution in [0.1, 0.15) is 41.4 Å². The zero-order valence-corrected chi connectivity index (χ0v) is 16.8. The average molecular weight is 393 g/mol. The Morgan fingerprint density at radius 2 is 1.03 bits per heavy atom. The van der Waals surface area contributed by atoms with Crippen LogP contribution in [0.5, 0.6) is 0 Å². The summed E-state index contributed by atoms with van der Waals surface area (Å²) in [5, 5.41) is 20.2. The van der Waals surface area contributed by atoms with E-state index in [4.69, 9.17) is 0 Å². The highest BCUT2D eigenvalue weighted by Crippen LogP contribution is 2.40. The number of nitriles is 2. The number of benzene rings is 3. The molecule has 0 bridgehead atoms. The van der Waals surface area contributed by atoms with Crippen molar-refractivity contribution >= 4 is 0 Å². The van der Waals surface area contributed by atoms with E-state index in [2.05, 4.69) is 34.1 Å². The summed E-state index contributed by atoms with van der Waals surface area (Å²) in [5.41, 5.74) is 3.07. The van der Waals surface area contributed by atoms with Crippen LogP contribution in [0.25, 0.3) is 0 Å². The molecule has 1 heterocycles. The molecular formula is C26H24N4. The normalized spacial score (nSPS) is 17.5. The average Bonchev–Trinajstić information content (AvgIpc) is 2.82. The minimum absolute atomic E-state index is 0.158. The summed E-state index contributed by atoms with van der Waals surface area (Å²) in [7, 11) is 0. The predicted octanol–water partition coefficient (Wildman–Crippen LogP) is 5.22. The highest BCUT2D eigenvalue weighted by atomic mass is 15.4. The first-order valence-corrected chi connectivity index (χ1v) is 10.3. The van der Waals surface area contributed by atoms with Gasteiger partial charge in [-0.1, -0.05) is 91.0 Å². The van der Waals surface area contributed by atoms with Gasteiger partial charge in [0.15, 0.2) is 0 Å². The SMILES string of the molecule is N#C[C@@H](c1ccccc1)N1CCCN([C@@H](C#N)c2ccccc2)C1c1ccccc1. The smallest absolute Gasteiger partial charge is 0.125 e. The molecule has 3 aromatic carbocycles. The van der Waals surface area contributed by atoms with E-state index >= 15 is 0 Å². The minimum Gasteiger partial charge on any atom is -0.264 e. The molecule has 4 heteroatoms. The second-order valence-corrected chi connectivity index (χ2v) is 7.50. The quantitative estimate of drug-likeness (QED) is 0.597. The molecule has 0 aliphatic carbocycles. The maximum absolute atomic E-state index is 10.1. The van der Waals surface area contributed by atoms with Crippen molar-refractivity contribution < 1.29 is 0 Å². The molecule has 2 atom stereocenters. The zero-order chi connectivity index (χ0) is 20.8. The summed E-state index contributed by atoms with van der Waals surface area (Å²) >= 11 is 0. The third kappa shape index (κ3) is 3.98. The van der Waals surface area contributed by atoms with Crippen LogP contribution in [-0.4, -0.2) is 22.9 Å². The number of hydrogen-bond acceptors (Lipinski definition) is 4. The third-order valence-electron chi connectivity index (χ3n) is 5.70. The second kappa shape index (κ2) is 9.37. The second-order valence-electron chi connectivity index (χ2n) is 7.50. The van der Waals surface area contributed by atoms with Crippen LogP contribution in [-0.2, 0) is 0 Å². The zero-order valence-electron chi connectivity index (χ0n) is 16.8.